The summed E-state index contributed by atoms with van der Waals surface area (Å²) in [5.74, 6) is -1.75. The molecule has 0 aliphatic heterocycles. The number of carboxylic acids is 1. The van der Waals surface area contributed by atoms with E-state index in [-0.39, 0.29) is 42.7 Å². The Hall–Kier alpha value is -2.19. The molecule has 0 heterocycles. The summed E-state index contributed by atoms with van der Waals surface area (Å²) in [6, 6.07) is -0.728. The number of rotatable bonds is 47. The minimum atomic E-state index is -1.13. The molecule has 0 N–H and O–H groups in total. The van der Waals surface area contributed by atoms with Crippen molar-refractivity contribution in [1.29, 1.82) is 0 Å². The third kappa shape index (κ3) is 42.9. The first-order chi connectivity index (χ1) is 29.6. The zero-order valence-corrected chi connectivity index (χ0v) is 40.8. The van der Waals surface area contributed by atoms with Crippen LogP contribution in [0.2, 0.25) is 0 Å². The van der Waals surface area contributed by atoms with Crippen molar-refractivity contribution in [3.8, 4) is 0 Å². The van der Waals surface area contributed by atoms with Crippen LogP contribution in [0.25, 0.3) is 0 Å². The molecule has 61 heavy (non-hydrogen) atoms. The van der Waals surface area contributed by atoms with Crippen molar-refractivity contribution in [2.45, 2.75) is 257 Å². The van der Waals surface area contributed by atoms with Crippen molar-refractivity contribution in [1.82, 2.24) is 0 Å². The molecule has 0 aromatic heterocycles. The van der Waals surface area contributed by atoms with Gasteiger partial charge in [-0.3, -0.25) is 9.59 Å². The fraction of sp³-hybridized carbons (Fsp3) is 0.868. The molecule has 0 aliphatic rings. The van der Waals surface area contributed by atoms with Crippen molar-refractivity contribution in [3.63, 3.8) is 0 Å². The molecule has 0 spiro atoms. The first-order valence-electron chi connectivity index (χ1n) is 25.9. The summed E-state index contributed by atoms with van der Waals surface area (Å²) in [6.07, 6.45) is 50.7. The summed E-state index contributed by atoms with van der Waals surface area (Å²) in [5.41, 5.74) is 0. The van der Waals surface area contributed by atoms with E-state index in [1.165, 1.54) is 161 Å². The number of quaternary nitrogens is 1. The molecule has 0 saturated heterocycles. The Morgan fingerprint density at radius 2 is 0.852 bits per heavy atom. The van der Waals surface area contributed by atoms with Crippen molar-refractivity contribution in [3.05, 3.63) is 24.3 Å². The molecular weight excluding hydrogens is 763 g/mol. The van der Waals surface area contributed by atoms with Gasteiger partial charge < -0.3 is 28.6 Å². The normalized spacial score (nSPS) is 13.0. The molecule has 8 heteroatoms. The number of nitrogens with zero attached hydrogens (tertiary/aromatic N) is 1. The summed E-state index contributed by atoms with van der Waals surface area (Å²) in [6.45, 7) is 4.67. The highest BCUT2D eigenvalue weighted by Crippen LogP contribution is 2.16. The number of aliphatic carboxylic acids is 1. The van der Waals surface area contributed by atoms with Crippen LogP contribution in [0.5, 0.6) is 0 Å². The largest absolute Gasteiger partial charge is 0.544 e. The van der Waals surface area contributed by atoms with Gasteiger partial charge in [0.05, 0.1) is 40.3 Å². The lowest BCUT2D eigenvalue weighted by molar-refractivity contribution is -0.889. The van der Waals surface area contributed by atoms with E-state index < -0.39 is 18.1 Å². The van der Waals surface area contributed by atoms with Crippen LogP contribution in [-0.4, -0.2) is 75.5 Å². The SMILES string of the molecule is CCCCCCCCC/C=C/C=C/CCCCCC(=O)OC(COCCC(C(=O)[O-])[N+](C)(C)C)COC(=O)CCCCCCCCCCCCCCCCCCCCCCC. The Morgan fingerprint density at radius 1 is 0.492 bits per heavy atom. The number of carbonyl (C=O) groups is 3. The van der Waals surface area contributed by atoms with Gasteiger partial charge >= 0.3 is 11.9 Å². The third-order valence-corrected chi connectivity index (χ3v) is 11.9. The first-order valence-corrected chi connectivity index (χ1v) is 25.9. The van der Waals surface area contributed by atoms with Gasteiger partial charge in [-0.2, -0.15) is 0 Å². The number of ether oxygens (including phenoxy) is 3. The van der Waals surface area contributed by atoms with E-state index in [0.29, 0.717) is 12.8 Å². The topological polar surface area (TPSA) is 102 Å². The lowest BCUT2D eigenvalue weighted by Gasteiger charge is -2.34. The molecule has 0 rings (SSSR count). The molecule has 0 aromatic carbocycles. The molecule has 0 fully saturated rings. The molecule has 0 bridgehead atoms. The van der Waals surface area contributed by atoms with Crippen LogP contribution in [0.1, 0.15) is 245 Å². The van der Waals surface area contributed by atoms with Crippen molar-refractivity contribution in [2.75, 3.05) is 41.0 Å². The monoisotopic (exact) mass is 862 g/mol. The van der Waals surface area contributed by atoms with Crippen molar-refractivity contribution in [2.24, 2.45) is 0 Å². The maximum Gasteiger partial charge on any atom is 0.306 e. The molecule has 8 nitrogen and oxygen atoms in total. The number of likely N-dealkylation sites (N-methyl/N-ethyl adjacent to an activating group) is 1. The Morgan fingerprint density at radius 3 is 1.25 bits per heavy atom. The highest BCUT2D eigenvalue weighted by molar-refractivity contribution is 5.70. The number of hydrogen-bond donors (Lipinski definition) is 0. The standard InChI is InChI=1S/C53H99NO7/c1-6-8-10-12-14-16-18-20-22-24-25-26-27-28-30-31-33-35-37-39-41-43-51(55)60-48-49(47-59-46-45-50(53(57)58)54(3,4)5)61-52(56)44-42-40-38-36-34-32-29-23-21-19-17-15-13-11-9-7-2/h23,29,32,34,49-50H,6-22,24-28,30-31,33,35-48H2,1-5H3/b29-23+,34-32+. The lowest BCUT2D eigenvalue weighted by Crippen LogP contribution is -2.55. The minimum absolute atomic E-state index is 0.0343. The van der Waals surface area contributed by atoms with E-state index in [0.717, 1.165) is 51.4 Å². The van der Waals surface area contributed by atoms with Crippen molar-refractivity contribution >= 4 is 17.9 Å². The van der Waals surface area contributed by atoms with Gasteiger partial charge in [-0.05, 0) is 38.5 Å². The van der Waals surface area contributed by atoms with Crippen LogP contribution in [0.15, 0.2) is 24.3 Å². The van der Waals surface area contributed by atoms with Gasteiger partial charge in [-0.25, -0.2) is 0 Å². The number of allylic oxidation sites excluding steroid dienone is 4. The molecule has 0 saturated carbocycles. The van der Waals surface area contributed by atoms with E-state index in [9.17, 15) is 19.5 Å². The fourth-order valence-electron chi connectivity index (χ4n) is 7.83. The number of carboxylic acid groups (broad SMARTS) is 1. The first kappa shape index (κ1) is 58.8. The third-order valence-electron chi connectivity index (χ3n) is 11.9. The Balaban J connectivity index is 4.22. The molecule has 0 aliphatic carbocycles. The number of hydrogen-bond acceptors (Lipinski definition) is 7. The second-order valence-electron chi connectivity index (χ2n) is 18.8. The van der Waals surface area contributed by atoms with Crippen LogP contribution in [0.4, 0.5) is 0 Å². The minimum Gasteiger partial charge on any atom is -0.544 e. The molecule has 2 atom stereocenters. The van der Waals surface area contributed by atoms with Crippen LogP contribution < -0.4 is 5.11 Å². The Bertz CT molecular complexity index is 1050. The zero-order chi connectivity index (χ0) is 44.9. The number of unbranched alkanes of at least 4 members (excludes halogenated alkanes) is 30. The van der Waals surface area contributed by atoms with E-state index in [1.54, 1.807) is 21.1 Å². The number of esters is 2. The second-order valence-corrected chi connectivity index (χ2v) is 18.8. The summed E-state index contributed by atoms with van der Waals surface area (Å²) < 4.78 is 17.2. The molecule has 0 aromatic rings. The fourth-order valence-corrected chi connectivity index (χ4v) is 7.83. The van der Waals surface area contributed by atoms with Gasteiger partial charge in [0.25, 0.3) is 0 Å². The molecular formula is C53H99NO7. The summed E-state index contributed by atoms with van der Waals surface area (Å²) in [5, 5.41) is 11.7. The second kappa shape index (κ2) is 44.4. The van der Waals surface area contributed by atoms with E-state index in [1.807, 2.05) is 0 Å². The molecule has 358 valence electrons. The van der Waals surface area contributed by atoms with E-state index in [4.69, 9.17) is 14.2 Å². The van der Waals surface area contributed by atoms with Gasteiger partial charge in [0, 0.05) is 19.3 Å². The predicted molar refractivity (Wildman–Crippen MR) is 254 cm³/mol. The average molecular weight is 862 g/mol. The number of carbonyl (C=O) groups excluding carboxylic acids is 3. The lowest BCUT2D eigenvalue weighted by atomic mass is 10.0. The van der Waals surface area contributed by atoms with Crippen molar-refractivity contribution < 1.29 is 38.2 Å². The van der Waals surface area contributed by atoms with Crippen LogP contribution in [-0.2, 0) is 28.6 Å². The van der Waals surface area contributed by atoms with Gasteiger partial charge in [0.2, 0.25) is 0 Å². The quantitative estimate of drug-likeness (QED) is 0.0260. The maximum absolute atomic E-state index is 12.8. The van der Waals surface area contributed by atoms with Gasteiger partial charge in [-0.15, -0.1) is 0 Å². The summed E-state index contributed by atoms with van der Waals surface area (Å²) in [4.78, 5) is 37.0. The highest BCUT2D eigenvalue weighted by atomic mass is 16.6. The van der Waals surface area contributed by atoms with Crippen LogP contribution >= 0.6 is 0 Å². The van der Waals surface area contributed by atoms with Gasteiger partial charge in [-0.1, -0.05) is 212 Å². The molecule has 2 unspecified atom stereocenters. The Labute approximate surface area is 377 Å². The maximum atomic E-state index is 12.8. The predicted octanol–water partition coefficient (Wildman–Crippen LogP) is 13.5. The van der Waals surface area contributed by atoms with Gasteiger partial charge in [0.1, 0.15) is 12.6 Å². The van der Waals surface area contributed by atoms with Gasteiger partial charge in [0.15, 0.2) is 6.10 Å². The van der Waals surface area contributed by atoms with E-state index >= 15 is 0 Å². The van der Waals surface area contributed by atoms with Crippen LogP contribution in [0, 0.1) is 0 Å². The summed E-state index contributed by atoms with van der Waals surface area (Å²) in [7, 11) is 5.41. The average Bonchev–Trinajstić information content (AvgIpc) is 3.22. The molecule has 0 amide bonds. The Kier molecular flexibility index (Phi) is 42.8. The molecule has 0 radical (unpaired) electrons. The highest BCUT2D eigenvalue weighted by Gasteiger charge is 2.25. The van der Waals surface area contributed by atoms with E-state index in [2.05, 4.69) is 38.2 Å². The van der Waals surface area contributed by atoms with Crippen LogP contribution in [0.3, 0.4) is 0 Å². The smallest absolute Gasteiger partial charge is 0.306 e. The zero-order valence-electron chi connectivity index (χ0n) is 40.8. The summed E-state index contributed by atoms with van der Waals surface area (Å²) >= 11 is 0.